The van der Waals surface area contributed by atoms with E-state index in [0.29, 0.717) is 15.6 Å². The number of hydrogen-bond acceptors (Lipinski definition) is 5. The van der Waals surface area contributed by atoms with Crippen LogP contribution in [-0.2, 0) is 14.3 Å². The van der Waals surface area contributed by atoms with Crippen molar-refractivity contribution in [3.8, 4) is 0 Å². The molecule has 8 heteroatoms. The first-order valence-corrected chi connectivity index (χ1v) is 9.06. The number of halogens is 1. The van der Waals surface area contributed by atoms with Gasteiger partial charge in [0.2, 0.25) is 5.91 Å². The lowest BCUT2D eigenvalue weighted by molar-refractivity contribution is -0.137. The molecule has 0 aliphatic heterocycles. The Kier molecular flexibility index (Phi) is 5.22. The van der Waals surface area contributed by atoms with Gasteiger partial charge in [0.15, 0.2) is 6.61 Å². The summed E-state index contributed by atoms with van der Waals surface area (Å²) in [5.74, 6) is -1.78. The van der Waals surface area contributed by atoms with Gasteiger partial charge in [-0.3, -0.25) is 9.59 Å². The zero-order valence-electron chi connectivity index (χ0n) is 14.5. The molecule has 1 fully saturated rings. The van der Waals surface area contributed by atoms with Crippen LogP contribution in [0.2, 0.25) is 0 Å². The van der Waals surface area contributed by atoms with E-state index in [0.717, 1.165) is 24.2 Å². The lowest BCUT2D eigenvalue weighted by Gasteiger charge is -2.16. The van der Waals surface area contributed by atoms with Crippen LogP contribution >= 0.6 is 11.3 Å². The van der Waals surface area contributed by atoms with Gasteiger partial charge in [-0.05, 0) is 37.5 Å². The van der Waals surface area contributed by atoms with Gasteiger partial charge in [0.05, 0.1) is 6.54 Å². The molecule has 6 nitrogen and oxygen atoms in total. The lowest BCUT2D eigenvalue weighted by Crippen LogP contribution is -2.40. The number of ether oxygens (including phenoxy) is 1. The van der Waals surface area contributed by atoms with E-state index in [1.54, 1.807) is 19.1 Å². The summed E-state index contributed by atoms with van der Waals surface area (Å²) in [5, 5.41) is 3.18. The van der Waals surface area contributed by atoms with Gasteiger partial charge in [-0.1, -0.05) is 6.07 Å². The number of esters is 1. The summed E-state index contributed by atoms with van der Waals surface area (Å²) in [4.78, 5) is 37.5. The number of carbonyl (C=O) groups excluding carboxylic acids is 3. The van der Waals surface area contributed by atoms with Gasteiger partial charge < -0.3 is 15.0 Å². The van der Waals surface area contributed by atoms with E-state index >= 15 is 0 Å². The average molecular weight is 378 g/mol. The average Bonchev–Trinajstić information content (AvgIpc) is 3.33. The molecule has 0 bridgehead atoms. The molecule has 1 heterocycles. The van der Waals surface area contributed by atoms with E-state index in [1.165, 1.54) is 18.0 Å². The van der Waals surface area contributed by atoms with E-state index in [9.17, 15) is 18.8 Å². The Hall–Kier alpha value is -2.48. The molecule has 0 saturated heterocycles. The van der Waals surface area contributed by atoms with Gasteiger partial charge in [0.1, 0.15) is 10.7 Å². The van der Waals surface area contributed by atoms with Crippen LogP contribution < -0.4 is 5.32 Å². The van der Waals surface area contributed by atoms with Crippen molar-refractivity contribution in [3.05, 3.63) is 34.5 Å². The minimum Gasteiger partial charge on any atom is -0.451 e. The molecule has 1 saturated carbocycles. The van der Waals surface area contributed by atoms with Crippen molar-refractivity contribution in [1.29, 1.82) is 0 Å². The second-order valence-corrected chi connectivity index (χ2v) is 7.39. The molecule has 0 radical (unpaired) electrons. The van der Waals surface area contributed by atoms with Crippen LogP contribution in [0.15, 0.2) is 18.2 Å². The van der Waals surface area contributed by atoms with Crippen LogP contribution in [0.25, 0.3) is 10.1 Å². The standard InChI is InChI=1S/C18H19FN2O4S/c1-10-16-12(19)4-3-5-13(16)26-17(10)18(24)25-9-15(23)21(2)8-14(22)20-11-6-7-11/h3-5,11H,6-9H2,1-2H3,(H,20,22). The molecule has 1 aliphatic rings. The highest BCUT2D eigenvalue weighted by Gasteiger charge is 2.25. The zero-order chi connectivity index (χ0) is 18.8. The Morgan fingerprint density at radius 2 is 2.08 bits per heavy atom. The van der Waals surface area contributed by atoms with Crippen molar-refractivity contribution >= 4 is 39.2 Å². The van der Waals surface area contributed by atoms with Gasteiger partial charge in [0.25, 0.3) is 5.91 Å². The van der Waals surface area contributed by atoms with Crippen molar-refractivity contribution in [2.24, 2.45) is 0 Å². The number of amides is 2. The Bertz CT molecular complexity index is 875. The quantitative estimate of drug-likeness (QED) is 0.783. The van der Waals surface area contributed by atoms with E-state index in [4.69, 9.17) is 4.74 Å². The number of hydrogen-bond donors (Lipinski definition) is 1. The maximum atomic E-state index is 13.9. The first-order chi connectivity index (χ1) is 12.4. The molecule has 2 aromatic rings. The van der Waals surface area contributed by atoms with Crippen LogP contribution in [0, 0.1) is 12.7 Å². The molecule has 0 atom stereocenters. The molecule has 0 spiro atoms. The van der Waals surface area contributed by atoms with Crippen molar-refractivity contribution in [3.63, 3.8) is 0 Å². The highest BCUT2D eigenvalue weighted by Crippen LogP contribution is 2.32. The zero-order valence-corrected chi connectivity index (χ0v) is 15.3. The molecule has 1 N–H and O–H groups in total. The summed E-state index contributed by atoms with van der Waals surface area (Å²) in [6.45, 7) is 1.09. The van der Waals surface area contributed by atoms with Crippen molar-refractivity contribution in [2.45, 2.75) is 25.8 Å². The largest absolute Gasteiger partial charge is 0.451 e. The number of aryl methyl sites for hydroxylation is 1. The first-order valence-electron chi connectivity index (χ1n) is 8.25. The fourth-order valence-corrected chi connectivity index (χ4v) is 3.67. The van der Waals surface area contributed by atoms with Crippen LogP contribution in [-0.4, -0.2) is 48.9 Å². The predicted molar refractivity (Wildman–Crippen MR) is 95.6 cm³/mol. The second-order valence-electron chi connectivity index (χ2n) is 6.34. The van der Waals surface area contributed by atoms with E-state index in [2.05, 4.69) is 5.32 Å². The van der Waals surface area contributed by atoms with Gasteiger partial charge in [-0.15, -0.1) is 11.3 Å². The third-order valence-corrected chi connectivity index (χ3v) is 5.40. The van der Waals surface area contributed by atoms with Crippen molar-refractivity contribution in [1.82, 2.24) is 10.2 Å². The van der Waals surface area contributed by atoms with Gasteiger partial charge in [-0.2, -0.15) is 0 Å². The lowest BCUT2D eigenvalue weighted by atomic mass is 10.1. The van der Waals surface area contributed by atoms with Crippen LogP contribution in [0.5, 0.6) is 0 Å². The molecule has 1 aromatic carbocycles. The summed E-state index contributed by atoms with van der Waals surface area (Å²) >= 11 is 1.13. The third kappa shape index (κ3) is 4.01. The van der Waals surface area contributed by atoms with Crippen molar-refractivity contribution < 1.29 is 23.5 Å². The molecule has 2 amide bonds. The number of likely N-dealkylation sites (N-methyl/N-ethyl adjacent to an activating group) is 1. The molecule has 1 aliphatic carbocycles. The summed E-state index contributed by atoms with van der Waals surface area (Å²) in [6.07, 6.45) is 1.94. The highest BCUT2D eigenvalue weighted by atomic mass is 32.1. The highest BCUT2D eigenvalue weighted by molar-refractivity contribution is 7.21. The van der Waals surface area contributed by atoms with Crippen LogP contribution in [0.3, 0.4) is 0 Å². The van der Waals surface area contributed by atoms with Crippen LogP contribution in [0.4, 0.5) is 4.39 Å². The third-order valence-electron chi connectivity index (χ3n) is 4.16. The molecule has 0 unspecified atom stereocenters. The first kappa shape index (κ1) is 18.3. The Labute approximate surface area is 153 Å². The normalized spacial score (nSPS) is 13.5. The van der Waals surface area contributed by atoms with E-state index in [-0.39, 0.29) is 23.4 Å². The fraction of sp³-hybridized carbons (Fsp3) is 0.389. The van der Waals surface area contributed by atoms with E-state index < -0.39 is 24.3 Å². The SMILES string of the molecule is Cc1c(C(=O)OCC(=O)N(C)CC(=O)NC2CC2)sc2cccc(F)c12. The number of thiophene rings is 1. The number of rotatable bonds is 6. The summed E-state index contributed by atoms with van der Waals surface area (Å²) in [5.41, 5.74) is 0.498. The summed E-state index contributed by atoms with van der Waals surface area (Å²) < 4.78 is 19.6. The number of nitrogens with zero attached hydrogens (tertiary/aromatic N) is 1. The van der Waals surface area contributed by atoms with E-state index in [1.807, 2.05) is 0 Å². The molecule has 26 heavy (non-hydrogen) atoms. The molecule has 1 aromatic heterocycles. The monoisotopic (exact) mass is 378 g/mol. The second kappa shape index (κ2) is 7.41. The topological polar surface area (TPSA) is 75.7 Å². The molecular weight excluding hydrogens is 359 g/mol. The number of carbonyl (C=O) groups is 3. The Morgan fingerprint density at radius 3 is 2.73 bits per heavy atom. The Morgan fingerprint density at radius 1 is 1.35 bits per heavy atom. The van der Waals surface area contributed by atoms with Crippen LogP contribution in [0.1, 0.15) is 28.1 Å². The maximum absolute atomic E-state index is 13.9. The van der Waals surface area contributed by atoms with Gasteiger partial charge >= 0.3 is 5.97 Å². The van der Waals surface area contributed by atoms with Crippen molar-refractivity contribution in [2.75, 3.05) is 20.2 Å². The number of fused-ring (bicyclic) bond motifs is 1. The van der Waals surface area contributed by atoms with Gasteiger partial charge in [-0.25, -0.2) is 9.18 Å². The number of benzene rings is 1. The summed E-state index contributed by atoms with van der Waals surface area (Å²) in [6, 6.07) is 4.86. The Balaban J connectivity index is 1.58. The molecule has 138 valence electrons. The van der Waals surface area contributed by atoms with Gasteiger partial charge in [0, 0.05) is 23.2 Å². The smallest absolute Gasteiger partial charge is 0.349 e. The molecule has 3 rings (SSSR count). The fourth-order valence-electron chi connectivity index (χ4n) is 2.56. The predicted octanol–water partition coefficient (Wildman–Crippen LogP) is 2.24. The number of nitrogens with one attached hydrogen (secondary N) is 1. The molecular formula is C18H19FN2O4S. The minimum atomic E-state index is -0.674. The minimum absolute atomic E-state index is 0.0833. The summed E-state index contributed by atoms with van der Waals surface area (Å²) in [7, 11) is 1.47. The maximum Gasteiger partial charge on any atom is 0.349 e.